The number of nitrogens with one attached hydrogen (secondary N) is 3. The Morgan fingerprint density at radius 3 is 2.72 bits per heavy atom. The lowest BCUT2D eigenvalue weighted by molar-refractivity contribution is -0.116. The highest BCUT2D eigenvalue weighted by atomic mass is 32.2. The second kappa shape index (κ2) is 8.88. The Balaban J connectivity index is 2.19. The van der Waals surface area contributed by atoms with Gasteiger partial charge in [-0.25, -0.2) is 12.7 Å². The van der Waals surface area contributed by atoms with Crippen LogP contribution in [0.2, 0.25) is 0 Å². The lowest BCUT2D eigenvalue weighted by Crippen LogP contribution is -2.40. The first-order valence-corrected chi connectivity index (χ1v) is 10.9. The molecule has 25 heavy (non-hydrogen) atoms. The summed E-state index contributed by atoms with van der Waals surface area (Å²) in [4.78, 5) is 12.5. The van der Waals surface area contributed by atoms with Crippen LogP contribution >= 0.6 is 11.8 Å². The maximum atomic E-state index is 12.4. The highest BCUT2D eigenvalue weighted by Crippen LogP contribution is 2.27. The van der Waals surface area contributed by atoms with E-state index < -0.39 is 10.0 Å². The van der Waals surface area contributed by atoms with Crippen LogP contribution in [0.5, 0.6) is 0 Å². The number of nitrogens with zero attached hydrogens (tertiary/aromatic N) is 1. The predicted octanol–water partition coefficient (Wildman–Crippen LogP) is 1.40. The molecule has 0 radical (unpaired) electrons. The van der Waals surface area contributed by atoms with Gasteiger partial charge in [-0.1, -0.05) is 0 Å². The molecule has 1 saturated heterocycles. The third-order valence-electron chi connectivity index (χ3n) is 3.84. The second-order valence-electron chi connectivity index (χ2n) is 6.00. The van der Waals surface area contributed by atoms with Gasteiger partial charge in [-0.15, -0.1) is 0 Å². The largest absolute Gasteiger partial charge is 0.384 e. The number of benzene rings is 1. The summed E-state index contributed by atoms with van der Waals surface area (Å²) in [5, 5.41) is 9.34. The lowest BCUT2D eigenvalue weighted by Gasteiger charge is -2.23. The predicted molar refractivity (Wildman–Crippen MR) is 104 cm³/mol. The van der Waals surface area contributed by atoms with E-state index in [4.69, 9.17) is 0 Å². The molecule has 0 aromatic heterocycles. The van der Waals surface area contributed by atoms with Crippen molar-refractivity contribution in [3.8, 4) is 0 Å². The van der Waals surface area contributed by atoms with Gasteiger partial charge in [0, 0.05) is 51.2 Å². The van der Waals surface area contributed by atoms with Crippen molar-refractivity contribution in [1.82, 2.24) is 9.62 Å². The Labute approximate surface area is 154 Å². The molecule has 1 aromatic rings. The number of carbonyl (C=O) groups is 1. The molecule has 140 valence electrons. The standard InChI is InChI=1S/C16H26N4O3S2/c1-4-17-14-6-5-13(25(22,23)20(2)3)10-15(14)19-16(21)9-12-11-24-8-7-18-12/h5-6,10,12,17-18H,4,7-9,11H2,1-3H3,(H,19,21). The summed E-state index contributed by atoms with van der Waals surface area (Å²) in [6, 6.07) is 4.89. The third kappa shape index (κ3) is 5.34. The zero-order chi connectivity index (χ0) is 18.4. The normalized spacial score (nSPS) is 18.2. The highest BCUT2D eigenvalue weighted by molar-refractivity contribution is 7.99. The van der Waals surface area contributed by atoms with Crippen LogP contribution < -0.4 is 16.0 Å². The van der Waals surface area contributed by atoms with E-state index in [1.807, 2.05) is 18.7 Å². The zero-order valence-corrected chi connectivity index (χ0v) is 16.5. The molecule has 0 saturated carbocycles. The monoisotopic (exact) mass is 386 g/mol. The summed E-state index contributed by atoms with van der Waals surface area (Å²) in [5.74, 6) is 1.84. The molecule has 1 atom stereocenters. The van der Waals surface area contributed by atoms with E-state index in [2.05, 4.69) is 16.0 Å². The van der Waals surface area contributed by atoms with E-state index in [-0.39, 0.29) is 16.8 Å². The summed E-state index contributed by atoms with van der Waals surface area (Å²) in [7, 11) is -0.587. The van der Waals surface area contributed by atoms with Crippen LogP contribution in [-0.4, -0.2) is 63.4 Å². The Morgan fingerprint density at radius 1 is 1.36 bits per heavy atom. The van der Waals surface area contributed by atoms with Crippen LogP contribution in [0.4, 0.5) is 11.4 Å². The van der Waals surface area contributed by atoms with Gasteiger partial charge < -0.3 is 16.0 Å². The van der Waals surface area contributed by atoms with Crippen molar-refractivity contribution in [1.29, 1.82) is 0 Å². The van der Waals surface area contributed by atoms with Gasteiger partial charge >= 0.3 is 0 Å². The van der Waals surface area contributed by atoms with Gasteiger partial charge in [0.05, 0.1) is 16.3 Å². The van der Waals surface area contributed by atoms with Crippen LogP contribution in [0.15, 0.2) is 23.1 Å². The van der Waals surface area contributed by atoms with Gasteiger partial charge in [-0.3, -0.25) is 4.79 Å². The zero-order valence-electron chi connectivity index (χ0n) is 14.8. The molecule has 9 heteroatoms. The van der Waals surface area contributed by atoms with Crippen molar-refractivity contribution >= 4 is 39.1 Å². The fourth-order valence-electron chi connectivity index (χ4n) is 2.52. The molecule has 1 aromatic carbocycles. The van der Waals surface area contributed by atoms with Crippen molar-refractivity contribution in [3.63, 3.8) is 0 Å². The van der Waals surface area contributed by atoms with Crippen molar-refractivity contribution in [2.45, 2.75) is 24.3 Å². The van der Waals surface area contributed by atoms with Crippen molar-refractivity contribution in [3.05, 3.63) is 18.2 Å². The van der Waals surface area contributed by atoms with Crippen LogP contribution in [0.3, 0.4) is 0 Å². The van der Waals surface area contributed by atoms with Gasteiger partial charge in [0.15, 0.2) is 0 Å². The Morgan fingerprint density at radius 2 is 2.12 bits per heavy atom. The Hall–Kier alpha value is -1.29. The van der Waals surface area contributed by atoms with E-state index in [1.54, 1.807) is 12.1 Å². The number of anilines is 2. The van der Waals surface area contributed by atoms with Crippen LogP contribution in [0, 0.1) is 0 Å². The molecule has 7 nitrogen and oxygen atoms in total. The Kier molecular flexibility index (Phi) is 7.12. The smallest absolute Gasteiger partial charge is 0.242 e. The molecule has 1 unspecified atom stereocenters. The van der Waals surface area contributed by atoms with Crippen LogP contribution in [0.1, 0.15) is 13.3 Å². The topological polar surface area (TPSA) is 90.5 Å². The summed E-state index contributed by atoms with van der Waals surface area (Å²) in [6.45, 7) is 3.52. The highest BCUT2D eigenvalue weighted by Gasteiger charge is 2.21. The number of hydrogen-bond acceptors (Lipinski definition) is 6. The number of hydrogen-bond donors (Lipinski definition) is 3. The summed E-state index contributed by atoms with van der Waals surface area (Å²) >= 11 is 1.83. The van der Waals surface area contributed by atoms with Crippen molar-refractivity contribution in [2.24, 2.45) is 0 Å². The van der Waals surface area contributed by atoms with Gasteiger partial charge in [0.25, 0.3) is 0 Å². The van der Waals surface area contributed by atoms with E-state index >= 15 is 0 Å². The molecule has 1 aliphatic heterocycles. The minimum absolute atomic E-state index is 0.126. The molecular formula is C16H26N4O3S2. The van der Waals surface area contributed by atoms with Gasteiger partial charge in [-0.2, -0.15) is 11.8 Å². The average molecular weight is 387 g/mol. The van der Waals surface area contributed by atoms with Crippen LogP contribution in [0.25, 0.3) is 0 Å². The molecule has 1 heterocycles. The third-order valence-corrected chi connectivity index (χ3v) is 6.78. The fraction of sp³-hybridized carbons (Fsp3) is 0.562. The molecule has 0 bridgehead atoms. The first-order valence-electron chi connectivity index (χ1n) is 8.26. The minimum atomic E-state index is -3.56. The fourth-order valence-corrected chi connectivity index (χ4v) is 4.40. The molecule has 3 N–H and O–H groups in total. The second-order valence-corrected chi connectivity index (χ2v) is 9.31. The number of carbonyl (C=O) groups excluding carboxylic acids is 1. The Bertz CT molecular complexity index is 701. The molecular weight excluding hydrogens is 360 g/mol. The number of amides is 1. The number of rotatable bonds is 7. The maximum Gasteiger partial charge on any atom is 0.242 e. The van der Waals surface area contributed by atoms with Crippen LogP contribution in [-0.2, 0) is 14.8 Å². The number of thioether (sulfide) groups is 1. The molecule has 0 spiro atoms. The van der Waals surface area contributed by atoms with Gasteiger partial charge in [-0.05, 0) is 25.1 Å². The lowest BCUT2D eigenvalue weighted by atomic mass is 10.2. The maximum absolute atomic E-state index is 12.4. The first-order chi connectivity index (χ1) is 11.8. The van der Waals surface area contributed by atoms with E-state index in [0.717, 1.165) is 22.4 Å². The quantitative estimate of drug-likeness (QED) is 0.656. The molecule has 1 fully saturated rings. The molecule has 1 aliphatic rings. The summed E-state index contributed by atoms with van der Waals surface area (Å²) in [5.41, 5.74) is 1.19. The van der Waals surface area contributed by atoms with E-state index in [9.17, 15) is 13.2 Å². The first kappa shape index (κ1) is 20.0. The van der Waals surface area contributed by atoms with Crippen molar-refractivity contribution in [2.75, 3.05) is 49.3 Å². The molecule has 1 amide bonds. The van der Waals surface area contributed by atoms with Gasteiger partial charge in [0.1, 0.15) is 0 Å². The average Bonchev–Trinajstić information content (AvgIpc) is 2.57. The molecule has 0 aliphatic carbocycles. The number of sulfonamides is 1. The summed E-state index contributed by atoms with van der Waals surface area (Å²) < 4.78 is 25.8. The SMILES string of the molecule is CCNc1ccc(S(=O)(=O)N(C)C)cc1NC(=O)CC1CSCCN1. The van der Waals surface area contributed by atoms with Crippen molar-refractivity contribution < 1.29 is 13.2 Å². The van der Waals surface area contributed by atoms with Gasteiger partial charge in [0.2, 0.25) is 15.9 Å². The molecule has 2 rings (SSSR count). The summed E-state index contributed by atoms with van der Waals surface area (Å²) in [6.07, 6.45) is 0.364. The van der Waals surface area contributed by atoms with E-state index in [1.165, 1.54) is 20.2 Å². The van der Waals surface area contributed by atoms with E-state index in [0.29, 0.717) is 24.3 Å². The minimum Gasteiger partial charge on any atom is -0.384 e.